The highest BCUT2D eigenvalue weighted by Crippen LogP contribution is 2.20. The van der Waals surface area contributed by atoms with Crippen molar-refractivity contribution in [3.05, 3.63) is 24.2 Å². The normalized spacial score (nSPS) is 22.7. The van der Waals surface area contributed by atoms with Crippen molar-refractivity contribution in [2.24, 2.45) is 0 Å². The fourth-order valence-electron chi connectivity index (χ4n) is 1.69. The van der Waals surface area contributed by atoms with Crippen molar-refractivity contribution in [3.8, 4) is 0 Å². The molecule has 1 unspecified atom stereocenters. The van der Waals surface area contributed by atoms with Gasteiger partial charge in [0, 0.05) is 12.5 Å². The van der Waals surface area contributed by atoms with Crippen molar-refractivity contribution in [2.45, 2.75) is 32.4 Å². The standard InChI is InChI=1S/C10H13NO2/c1-8-4-5-10(12)11(8)7-9-3-2-6-13-9/h2-3,6,8H,4-5,7H2,1H3. The zero-order valence-electron chi connectivity index (χ0n) is 7.69. The van der Waals surface area contributed by atoms with E-state index >= 15 is 0 Å². The zero-order valence-corrected chi connectivity index (χ0v) is 7.69. The number of rotatable bonds is 2. The molecule has 0 aromatic carbocycles. The van der Waals surface area contributed by atoms with E-state index in [0.29, 0.717) is 19.0 Å². The van der Waals surface area contributed by atoms with Gasteiger partial charge in [0.2, 0.25) is 5.91 Å². The van der Waals surface area contributed by atoms with Crippen LogP contribution in [-0.2, 0) is 11.3 Å². The first-order valence-electron chi connectivity index (χ1n) is 4.59. The summed E-state index contributed by atoms with van der Waals surface area (Å²) in [4.78, 5) is 13.3. The Morgan fingerprint density at radius 3 is 3.08 bits per heavy atom. The molecule has 13 heavy (non-hydrogen) atoms. The van der Waals surface area contributed by atoms with Crippen molar-refractivity contribution in [1.29, 1.82) is 0 Å². The number of carbonyl (C=O) groups is 1. The third-order valence-electron chi connectivity index (χ3n) is 2.53. The molecule has 2 rings (SSSR count). The summed E-state index contributed by atoms with van der Waals surface area (Å²) in [6.07, 6.45) is 3.29. The lowest BCUT2D eigenvalue weighted by atomic mass is 10.2. The molecule has 1 atom stereocenters. The summed E-state index contributed by atoms with van der Waals surface area (Å²) in [7, 11) is 0. The van der Waals surface area contributed by atoms with Crippen molar-refractivity contribution in [2.75, 3.05) is 0 Å². The molecule has 3 heteroatoms. The molecule has 1 saturated heterocycles. The molecule has 2 heterocycles. The maximum Gasteiger partial charge on any atom is 0.223 e. The van der Waals surface area contributed by atoms with E-state index < -0.39 is 0 Å². The largest absolute Gasteiger partial charge is 0.467 e. The van der Waals surface area contributed by atoms with E-state index in [1.165, 1.54) is 0 Å². The molecule has 1 aliphatic rings. The fraction of sp³-hybridized carbons (Fsp3) is 0.500. The molecule has 1 aromatic heterocycles. The Morgan fingerprint density at radius 1 is 1.69 bits per heavy atom. The number of nitrogens with zero attached hydrogens (tertiary/aromatic N) is 1. The maximum absolute atomic E-state index is 11.4. The molecule has 0 radical (unpaired) electrons. The average molecular weight is 179 g/mol. The Morgan fingerprint density at radius 2 is 2.54 bits per heavy atom. The van der Waals surface area contributed by atoms with Crippen molar-refractivity contribution >= 4 is 5.91 Å². The molecule has 0 bridgehead atoms. The monoisotopic (exact) mass is 179 g/mol. The van der Waals surface area contributed by atoms with Crippen LogP contribution in [0.5, 0.6) is 0 Å². The Kier molecular flexibility index (Phi) is 2.08. The third kappa shape index (κ3) is 1.59. The lowest BCUT2D eigenvalue weighted by Crippen LogP contribution is -2.29. The van der Waals surface area contributed by atoms with Crippen LogP contribution in [0.15, 0.2) is 22.8 Å². The van der Waals surface area contributed by atoms with E-state index in [0.717, 1.165) is 12.2 Å². The lowest BCUT2D eigenvalue weighted by molar-refractivity contribution is -0.129. The number of furan rings is 1. The summed E-state index contributed by atoms with van der Waals surface area (Å²) in [5.74, 6) is 1.10. The Balaban J connectivity index is 2.05. The zero-order chi connectivity index (χ0) is 9.26. The summed E-state index contributed by atoms with van der Waals surface area (Å²) in [5.41, 5.74) is 0. The molecule has 1 amide bonds. The molecule has 0 spiro atoms. The predicted octanol–water partition coefficient (Wildman–Crippen LogP) is 1.79. The van der Waals surface area contributed by atoms with Crippen molar-refractivity contribution < 1.29 is 9.21 Å². The number of hydrogen-bond acceptors (Lipinski definition) is 2. The first kappa shape index (κ1) is 8.35. The van der Waals surface area contributed by atoms with E-state index in [4.69, 9.17) is 4.42 Å². The molecule has 0 saturated carbocycles. The average Bonchev–Trinajstić information content (AvgIpc) is 2.70. The van der Waals surface area contributed by atoms with Crippen LogP contribution in [0.2, 0.25) is 0 Å². The quantitative estimate of drug-likeness (QED) is 0.693. The first-order valence-corrected chi connectivity index (χ1v) is 4.59. The van der Waals surface area contributed by atoms with Crippen LogP contribution in [0, 0.1) is 0 Å². The molecule has 0 N–H and O–H groups in total. The highest BCUT2D eigenvalue weighted by molar-refractivity contribution is 5.78. The Labute approximate surface area is 77.3 Å². The smallest absolute Gasteiger partial charge is 0.223 e. The number of likely N-dealkylation sites (tertiary alicyclic amines) is 1. The second-order valence-electron chi connectivity index (χ2n) is 3.49. The van der Waals surface area contributed by atoms with Gasteiger partial charge < -0.3 is 9.32 Å². The van der Waals surface area contributed by atoms with Gasteiger partial charge in [-0.15, -0.1) is 0 Å². The van der Waals surface area contributed by atoms with Gasteiger partial charge in [-0.1, -0.05) is 0 Å². The van der Waals surface area contributed by atoms with Crippen molar-refractivity contribution in [1.82, 2.24) is 4.90 Å². The van der Waals surface area contributed by atoms with Crippen LogP contribution >= 0.6 is 0 Å². The Hall–Kier alpha value is -1.25. The van der Waals surface area contributed by atoms with Crippen LogP contribution in [0.3, 0.4) is 0 Å². The summed E-state index contributed by atoms with van der Waals surface area (Å²) in [5, 5.41) is 0. The number of carbonyl (C=O) groups excluding carboxylic acids is 1. The summed E-state index contributed by atoms with van der Waals surface area (Å²) < 4.78 is 5.20. The van der Waals surface area contributed by atoms with Gasteiger partial charge in [0.1, 0.15) is 5.76 Å². The molecule has 1 aromatic rings. The molecule has 0 aliphatic carbocycles. The minimum absolute atomic E-state index is 0.240. The van der Waals surface area contributed by atoms with Gasteiger partial charge in [-0.25, -0.2) is 0 Å². The van der Waals surface area contributed by atoms with E-state index in [2.05, 4.69) is 6.92 Å². The molecule has 3 nitrogen and oxygen atoms in total. The molecule has 1 fully saturated rings. The highest BCUT2D eigenvalue weighted by Gasteiger charge is 2.27. The summed E-state index contributed by atoms with van der Waals surface area (Å²) >= 11 is 0. The van der Waals surface area contributed by atoms with Gasteiger partial charge in [0.05, 0.1) is 12.8 Å². The molecule has 1 aliphatic heterocycles. The number of amides is 1. The van der Waals surface area contributed by atoms with Crippen LogP contribution in [-0.4, -0.2) is 16.8 Å². The molecule has 70 valence electrons. The van der Waals surface area contributed by atoms with E-state index in [9.17, 15) is 4.79 Å². The molecular formula is C10H13NO2. The van der Waals surface area contributed by atoms with Crippen molar-refractivity contribution in [3.63, 3.8) is 0 Å². The third-order valence-corrected chi connectivity index (χ3v) is 2.53. The van der Waals surface area contributed by atoms with Gasteiger partial charge in [0.15, 0.2) is 0 Å². The van der Waals surface area contributed by atoms with Crippen LogP contribution in [0.1, 0.15) is 25.5 Å². The topological polar surface area (TPSA) is 33.5 Å². The predicted molar refractivity (Wildman–Crippen MR) is 48.0 cm³/mol. The van der Waals surface area contributed by atoms with Crippen LogP contribution in [0.25, 0.3) is 0 Å². The van der Waals surface area contributed by atoms with Gasteiger partial charge in [0.25, 0.3) is 0 Å². The molecular weight excluding hydrogens is 166 g/mol. The highest BCUT2D eigenvalue weighted by atomic mass is 16.3. The first-order chi connectivity index (χ1) is 6.27. The minimum atomic E-state index is 0.240. The second-order valence-corrected chi connectivity index (χ2v) is 3.49. The summed E-state index contributed by atoms with van der Waals surface area (Å²) in [6, 6.07) is 4.11. The Bertz CT molecular complexity index is 292. The minimum Gasteiger partial charge on any atom is -0.467 e. The number of hydrogen-bond donors (Lipinski definition) is 0. The van der Waals surface area contributed by atoms with E-state index in [-0.39, 0.29) is 5.91 Å². The lowest BCUT2D eigenvalue weighted by Gasteiger charge is -2.19. The van der Waals surface area contributed by atoms with Gasteiger partial charge in [-0.2, -0.15) is 0 Å². The SMILES string of the molecule is CC1CCC(=O)N1Cc1ccco1. The van der Waals surface area contributed by atoms with Crippen LogP contribution in [0.4, 0.5) is 0 Å². The van der Waals surface area contributed by atoms with Crippen LogP contribution < -0.4 is 0 Å². The summed E-state index contributed by atoms with van der Waals surface area (Å²) in [6.45, 7) is 2.70. The second kappa shape index (κ2) is 3.24. The fourth-order valence-corrected chi connectivity index (χ4v) is 1.69. The van der Waals surface area contributed by atoms with E-state index in [1.807, 2.05) is 17.0 Å². The van der Waals surface area contributed by atoms with Gasteiger partial charge >= 0.3 is 0 Å². The van der Waals surface area contributed by atoms with E-state index in [1.54, 1.807) is 6.26 Å². The van der Waals surface area contributed by atoms with Gasteiger partial charge in [-0.05, 0) is 25.5 Å². The van der Waals surface area contributed by atoms with Gasteiger partial charge in [-0.3, -0.25) is 4.79 Å². The maximum atomic E-state index is 11.4.